The van der Waals surface area contributed by atoms with Crippen molar-refractivity contribution in [2.75, 3.05) is 14.1 Å². The van der Waals surface area contributed by atoms with Gasteiger partial charge in [-0.3, -0.25) is 19.3 Å². The highest BCUT2D eigenvalue weighted by atomic mass is 28.4. The van der Waals surface area contributed by atoms with Gasteiger partial charge in [-0.05, 0) is 67.3 Å². The van der Waals surface area contributed by atoms with E-state index < -0.39 is 77.1 Å². The van der Waals surface area contributed by atoms with Gasteiger partial charge in [0.1, 0.15) is 30.3 Å². The number of ether oxygens (including phenoxy) is 2. The minimum atomic E-state index is -3.03. The number of aliphatic hydroxyl groups excluding tert-OH is 1. The molecule has 0 spiro atoms. The maximum absolute atomic E-state index is 16.0. The predicted molar refractivity (Wildman–Crippen MR) is 201 cm³/mol. The fourth-order valence-corrected chi connectivity index (χ4v) is 9.45. The molecule has 1 saturated carbocycles. The fourth-order valence-electron chi connectivity index (χ4n) is 8.00. The van der Waals surface area contributed by atoms with E-state index in [0.717, 1.165) is 5.56 Å². The van der Waals surface area contributed by atoms with Crippen LogP contribution in [0, 0.1) is 23.5 Å². The van der Waals surface area contributed by atoms with Crippen molar-refractivity contribution in [1.29, 1.82) is 0 Å². The van der Waals surface area contributed by atoms with Gasteiger partial charge in [-0.2, -0.15) is 0 Å². The van der Waals surface area contributed by atoms with Gasteiger partial charge in [0.15, 0.2) is 37.6 Å². The van der Waals surface area contributed by atoms with Gasteiger partial charge in [-0.25, -0.2) is 8.78 Å². The molecule has 0 bridgehead atoms. The molecule has 1 unspecified atom stereocenters. The van der Waals surface area contributed by atoms with Crippen LogP contribution in [-0.2, 0) is 28.9 Å². The van der Waals surface area contributed by atoms with E-state index in [1.165, 1.54) is 0 Å². The summed E-state index contributed by atoms with van der Waals surface area (Å²) in [4.78, 5) is 45.1. The zero-order chi connectivity index (χ0) is 39.6. The van der Waals surface area contributed by atoms with Crippen LogP contribution in [0.2, 0.25) is 18.1 Å². The molecule has 1 aromatic heterocycles. The van der Waals surface area contributed by atoms with Crippen LogP contribution in [0.1, 0.15) is 82.0 Å². The molecule has 1 fully saturated rings. The van der Waals surface area contributed by atoms with E-state index in [4.69, 9.17) is 18.4 Å². The molecule has 3 aliphatic rings. The number of rotatable bonds is 10. The molecular weight excluding hydrogens is 727 g/mol. The molecule has 55 heavy (non-hydrogen) atoms. The first-order valence-electron chi connectivity index (χ1n) is 18.2. The summed E-state index contributed by atoms with van der Waals surface area (Å²) in [5.74, 6) is -7.02. The largest absolute Gasteiger partial charge is 0.507 e. The lowest BCUT2D eigenvalue weighted by molar-refractivity contribution is -0.140. The third-order valence-electron chi connectivity index (χ3n) is 11.7. The summed E-state index contributed by atoms with van der Waals surface area (Å²) in [6.07, 6.45) is -0.0504. The highest BCUT2D eigenvalue weighted by molar-refractivity contribution is 6.74. The van der Waals surface area contributed by atoms with Crippen LogP contribution < -0.4 is 9.47 Å². The zero-order valence-electron chi connectivity index (χ0n) is 31.9. The van der Waals surface area contributed by atoms with Crippen molar-refractivity contribution >= 4 is 31.9 Å². The summed E-state index contributed by atoms with van der Waals surface area (Å²) < 4.78 is 56.7. The Morgan fingerprint density at radius 3 is 2.11 bits per heavy atom. The molecule has 10 nitrogen and oxygen atoms in total. The minimum absolute atomic E-state index is 0.0315. The molecule has 0 radical (unpaired) electrons. The normalized spacial score (nSPS) is 22.2. The van der Waals surface area contributed by atoms with E-state index in [9.17, 15) is 9.90 Å². The van der Waals surface area contributed by atoms with Crippen molar-refractivity contribution in [3.05, 3.63) is 117 Å². The molecule has 1 N–H and O–H groups in total. The number of halogens is 2. The Balaban J connectivity index is 1.44. The number of benzene rings is 3. The van der Waals surface area contributed by atoms with Gasteiger partial charge in [-0.15, -0.1) is 0 Å². The Morgan fingerprint density at radius 1 is 0.945 bits per heavy atom. The van der Waals surface area contributed by atoms with Gasteiger partial charge in [0.2, 0.25) is 11.6 Å². The van der Waals surface area contributed by atoms with Gasteiger partial charge < -0.3 is 23.5 Å². The summed E-state index contributed by atoms with van der Waals surface area (Å²) in [5.41, 5.74) is -2.20. The molecule has 1 heterocycles. The van der Waals surface area contributed by atoms with Crippen molar-refractivity contribution in [2.45, 2.75) is 76.6 Å². The zero-order valence-corrected chi connectivity index (χ0v) is 32.9. The summed E-state index contributed by atoms with van der Waals surface area (Å²) >= 11 is 0. The molecule has 7 rings (SSSR count). The second kappa shape index (κ2) is 13.9. The van der Waals surface area contributed by atoms with Crippen molar-refractivity contribution < 1.29 is 46.7 Å². The van der Waals surface area contributed by atoms with Crippen molar-refractivity contribution in [1.82, 2.24) is 10.1 Å². The van der Waals surface area contributed by atoms with Gasteiger partial charge in [-0.1, -0.05) is 81.4 Å². The van der Waals surface area contributed by atoms with E-state index in [1.54, 1.807) is 44.4 Å². The first-order valence-corrected chi connectivity index (χ1v) is 21.2. The Bertz CT molecular complexity index is 2210. The second-order valence-corrected chi connectivity index (χ2v) is 21.0. The lowest BCUT2D eigenvalue weighted by Crippen LogP contribution is -2.68. The van der Waals surface area contributed by atoms with E-state index in [2.05, 4.69) is 5.16 Å². The van der Waals surface area contributed by atoms with E-state index in [0.29, 0.717) is 5.56 Å². The van der Waals surface area contributed by atoms with Crippen molar-refractivity contribution in [3.8, 4) is 11.6 Å². The number of carbonyl (C=O) groups excluding carboxylic acids is 3. The van der Waals surface area contributed by atoms with E-state index in [-0.39, 0.29) is 66.2 Å². The van der Waals surface area contributed by atoms with E-state index in [1.807, 2.05) is 69.1 Å². The molecule has 4 aromatic rings. The number of nitrogens with zero attached hydrogens (tertiary/aromatic N) is 2. The lowest BCUT2D eigenvalue weighted by atomic mass is 9.57. The molecule has 288 valence electrons. The summed E-state index contributed by atoms with van der Waals surface area (Å²) in [6.45, 7) is 9.73. The summed E-state index contributed by atoms with van der Waals surface area (Å²) in [5, 5.41) is 15.9. The number of fused-ring (bicyclic) bond motifs is 4. The van der Waals surface area contributed by atoms with Gasteiger partial charge >= 0.3 is 0 Å². The second-order valence-electron chi connectivity index (χ2n) is 16.3. The molecule has 13 heteroatoms. The van der Waals surface area contributed by atoms with Crippen LogP contribution in [0.4, 0.5) is 8.78 Å². The van der Waals surface area contributed by atoms with Crippen LogP contribution in [0.3, 0.4) is 0 Å². The number of ketones is 2. The SMILES string of the molecule is CN(C)[C@@H]1c2onc(OCc3ccccc3)c2C(=O)C2(O[Si](C)(C)C(C)(C)C)C(=O)C3=C(O)c4c(c(F)c(F)c(C=O)c4OCc4ccccc4)C[C@H]3C[C@@H]12. The number of aromatic nitrogens is 1. The van der Waals surface area contributed by atoms with Crippen LogP contribution in [0.15, 0.2) is 70.8 Å². The maximum atomic E-state index is 16.0. The maximum Gasteiger partial charge on any atom is 0.265 e. The first-order chi connectivity index (χ1) is 26.0. The average Bonchev–Trinajstić information content (AvgIpc) is 3.56. The highest BCUT2D eigenvalue weighted by Gasteiger charge is 2.69. The monoisotopic (exact) mass is 770 g/mol. The molecule has 0 saturated heterocycles. The van der Waals surface area contributed by atoms with Gasteiger partial charge in [0.05, 0.1) is 17.2 Å². The lowest BCUT2D eigenvalue weighted by Gasteiger charge is -2.55. The number of aliphatic hydroxyl groups is 1. The fraction of sp³-hybridized carbons (Fsp3) is 0.381. The predicted octanol–water partition coefficient (Wildman–Crippen LogP) is 8.21. The first kappa shape index (κ1) is 38.3. The number of Topliss-reactive ketones (excluding diaryl/α,β-unsaturated/α-hetero) is 2. The summed E-state index contributed by atoms with van der Waals surface area (Å²) in [7, 11) is 0.537. The smallest absolute Gasteiger partial charge is 0.265 e. The number of hydrogen-bond donors (Lipinski definition) is 1. The Labute approximate surface area is 319 Å². The number of hydrogen-bond acceptors (Lipinski definition) is 10. The van der Waals surface area contributed by atoms with Gasteiger partial charge in [0, 0.05) is 17.1 Å². The third-order valence-corrected chi connectivity index (χ3v) is 16.1. The minimum Gasteiger partial charge on any atom is -0.507 e. The highest BCUT2D eigenvalue weighted by Crippen LogP contribution is 2.59. The Kier molecular flexibility index (Phi) is 9.71. The topological polar surface area (TPSA) is 128 Å². The van der Waals surface area contributed by atoms with Crippen LogP contribution in [0.25, 0.3) is 5.76 Å². The third kappa shape index (κ3) is 6.12. The van der Waals surface area contributed by atoms with Crippen molar-refractivity contribution in [3.63, 3.8) is 0 Å². The van der Waals surface area contributed by atoms with Crippen LogP contribution in [-0.4, -0.2) is 61.0 Å². The quantitative estimate of drug-likeness (QED) is 0.0958. The van der Waals surface area contributed by atoms with Crippen LogP contribution >= 0.6 is 0 Å². The molecule has 3 aromatic carbocycles. The number of aldehydes is 1. The van der Waals surface area contributed by atoms with Crippen molar-refractivity contribution in [2.24, 2.45) is 11.8 Å². The number of carbonyl (C=O) groups is 3. The van der Waals surface area contributed by atoms with Crippen LogP contribution in [0.5, 0.6) is 11.6 Å². The Hall–Kier alpha value is -4.98. The molecule has 4 atom stereocenters. The summed E-state index contributed by atoms with van der Waals surface area (Å²) in [6, 6.07) is 17.4. The molecular formula is C42H44F2N2O8Si. The average molecular weight is 771 g/mol. The molecule has 0 amide bonds. The van der Waals surface area contributed by atoms with E-state index >= 15 is 18.4 Å². The van der Waals surface area contributed by atoms with Gasteiger partial charge in [0.25, 0.3) is 5.88 Å². The standard InChI is InChI=1S/C42H44F2N2O8Si/c1-41(2,3)55(6,7)54-42-28(34(46(4)5)37-31(39(42)50)40(45-53-37)52-22-24-16-12-9-13-17-24)19-25-18-26-30(35(48)29(25)38(42)49)36(27(20-47)33(44)32(26)43)51-21-23-14-10-8-11-15-23/h8-17,20,25,28,34,48H,18-19,21-22H2,1-7H3/t25-,28-,34-,42?/m0/s1. The molecule has 0 aliphatic heterocycles. The Morgan fingerprint density at radius 2 is 1.55 bits per heavy atom. The molecule has 3 aliphatic carbocycles.